The summed E-state index contributed by atoms with van der Waals surface area (Å²) in [4.78, 5) is 35.7. The lowest BCUT2D eigenvalue weighted by atomic mass is 9.98. The van der Waals surface area contributed by atoms with Crippen molar-refractivity contribution in [2.75, 3.05) is 0 Å². The molecule has 1 aliphatic rings. The highest BCUT2D eigenvalue weighted by atomic mass is 16.4. The van der Waals surface area contributed by atoms with E-state index < -0.39 is 23.3 Å². The highest BCUT2D eigenvalue weighted by molar-refractivity contribution is 6.08. The van der Waals surface area contributed by atoms with E-state index in [9.17, 15) is 14.4 Å². The number of rotatable bonds is 7. The zero-order valence-corrected chi connectivity index (χ0v) is 12.0. The van der Waals surface area contributed by atoms with Gasteiger partial charge in [0.25, 0.3) is 0 Å². The van der Waals surface area contributed by atoms with Gasteiger partial charge < -0.3 is 10.4 Å². The molecule has 5 nitrogen and oxygen atoms in total. The maximum absolute atomic E-state index is 12.4. The predicted molar refractivity (Wildman–Crippen MR) is 76.9 cm³/mol. The first-order valence-corrected chi connectivity index (χ1v) is 7.15. The van der Waals surface area contributed by atoms with Gasteiger partial charge in [0.05, 0.1) is 6.04 Å². The molecule has 1 aliphatic carbocycles. The molecule has 0 heterocycles. The maximum atomic E-state index is 12.4. The van der Waals surface area contributed by atoms with Crippen molar-refractivity contribution in [2.24, 2.45) is 5.41 Å². The van der Waals surface area contributed by atoms with E-state index in [2.05, 4.69) is 5.32 Å². The zero-order valence-electron chi connectivity index (χ0n) is 12.0. The number of benzene rings is 1. The second kappa shape index (κ2) is 6.08. The molecule has 1 saturated carbocycles. The van der Waals surface area contributed by atoms with Crippen molar-refractivity contribution in [1.29, 1.82) is 0 Å². The summed E-state index contributed by atoms with van der Waals surface area (Å²) in [7, 11) is 0. The van der Waals surface area contributed by atoms with Gasteiger partial charge in [-0.05, 0) is 19.3 Å². The molecule has 0 radical (unpaired) electrons. The van der Waals surface area contributed by atoms with Gasteiger partial charge in [0.2, 0.25) is 5.91 Å². The standard InChI is InChI=1S/C16H19NO4/c1-2-6-12(13(18)11-7-4-3-5-8-11)17-14(19)16(9-10-16)15(20)21/h3-5,7-8,12H,2,6,9-10H2,1H3,(H,17,19)(H,20,21). The van der Waals surface area contributed by atoms with Crippen LogP contribution in [-0.4, -0.2) is 28.8 Å². The third kappa shape index (κ3) is 3.12. The van der Waals surface area contributed by atoms with Gasteiger partial charge in [0.15, 0.2) is 5.78 Å². The Hall–Kier alpha value is -2.17. The second-order valence-corrected chi connectivity index (χ2v) is 5.43. The van der Waals surface area contributed by atoms with Crippen molar-refractivity contribution < 1.29 is 19.5 Å². The molecule has 2 rings (SSSR count). The van der Waals surface area contributed by atoms with Gasteiger partial charge in [-0.3, -0.25) is 14.4 Å². The summed E-state index contributed by atoms with van der Waals surface area (Å²) in [5.41, 5.74) is -0.792. The molecule has 1 unspecified atom stereocenters. The third-order valence-electron chi connectivity index (χ3n) is 3.85. The van der Waals surface area contributed by atoms with Crippen LogP contribution in [0.2, 0.25) is 0 Å². The predicted octanol–water partition coefficient (Wildman–Crippen LogP) is 2.02. The maximum Gasteiger partial charge on any atom is 0.319 e. The lowest BCUT2D eigenvalue weighted by Crippen LogP contribution is -2.46. The summed E-state index contributed by atoms with van der Waals surface area (Å²) < 4.78 is 0. The number of carboxylic acids is 1. The van der Waals surface area contributed by atoms with E-state index in [0.717, 1.165) is 6.42 Å². The van der Waals surface area contributed by atoms with Gasteiger partial charge in [-0.1, -0.05) is 43.7 Å². The average Bonchev–Trinajstić information content (AvgIpc) is 3.28. The van der Waals surface area contributed by atoms with Crippen LogP contribution in [0.3, 0.4) is 0 Å². The van der Waals surface area contributed by atoms with Crippen molar-refractivity contribution in [3.8, 4) is 0 Å². The van der Waals surface area contributed by atoms with Crippen molar-refractivity contribution in [2.45, 2.75) is 38.6 Å². The highest BCUT2D eigenvalue weighted by Gasteiger charge is 2.57. The Morgan fingerprint density at radius 3 is 2.33 bits per heavy atom. The molecule has 5 heteroatoms. The Labute approximate surface area is 123 Å². The monoisotopic (exact) mass is 289 g/mol. The Morgan fingerprint density at radius 2 is 1.86 bits per heavy atom. The molecule has 0 bridgehead atoms. The van der Waals surface area contributed by atoms with E-state index in [1.165, 1.54) is 0 Å². The van der Waals surface area contributed by atoms with E-state index in [0.29, 0.717) is 24.8 Å². The molecular weight excluding hydrogens is 270 g/mol. The minimum absolute atomic E-state index is 0.174. The molecule has 0 aliphatic heterocycles. The molecule has 1 fully saturated rings. The first-order chi connectivity index (χ1) is 10.0. The number of Topliss-reactive ketones (excluding diaryl/α,β-unsaturated/α-hetero) is 1. The molecule has 1 aromatic carbocycles. The largest absolute Gasteiger partial charge is 0.480 e. The van der Waals surface area contributed by atoms with Crippen molar-refractivity contribution in [3.63, 3.8) is 0 Å². The number of hydrogen-bond donors (Lipinski definition) is 2. The van der Waals surface area contributed by atoms with Gasteiger partial charge in [0.1, 0.15) is 5.41 Å². The summed E-state index contributed by atoms with van der Waals surface area (Å²) in [5, 5.41) is 11.8. The number of ketones is 1. The molecule has 0 aromatic heterocycles. The van der Waals surface area contributed by atoms with Crippen LogP contribution in [0, 0.1) is 5.41 Å². The smallest absolute Gasteiger partial charge is 0.319 e. The quantitative estimate of drug-likeness (QED) is 0.594. The summed E-state index contributed by atoms with van der Waals surface area (Å²) in [6.45, 7) is 1.92. The van der Waals surface area contributed by atoms with E-state index in [4.69, 9.17) is 5.11 Å². The van der Waals surface area contributed by atoms with Crippen molar-refractivity contribution >= 4 is 17.7 Å². The van der Waals surface area contributed by atoms with Gasteiger partial charge >= 0.3 is 5.97 Å². The molecule has 0 spiro atoms. The zero-order chi connectivity index (χ0) is 15.5. The van der Waals surface area contributed by atoms with Crippen LogP contribution in [0.15, 0.2) is 30.3 Å². The van der Waals surface area contributed by atoms with Crippen LogP contribution in [0.5, 0.6) is 0 Å². The fourth-order valence-electron chi connectivity index (χ4n) is 2.32. The molecule has 1 atom stereocenters. The first kappa shape index (κ1) is 15.2. The Kier molecular flexibility index (Phi) is 4.40. The van der Waals surface area contributed by atoms with Crippen LogP contribution < -0.4 is 5.32 Å². The van der Waals surface area contributed by atoms with Crippen LogP contribution in [0.1, 0.15) is 43.0 Å². The lowest BCUT2D eigenvalue weighted by Gasteiger charge is -2.19. The summed E-state index contributed by atoms with van der Waals surface area (Å²) in [5.74, 6) is -1.83. The molecular formula is C16H19NO4. The molecule has 2 N–H and O–H groups in total. The van der Waals surface area contributed by atoms with E-state index in [-0.39, 0.29) is 5.78 Å². The van der Waals surface area contributed by atoms with Crippen LogP contribution in [0.4, 0.5) is 0 Å². The lowest BCUT2D eigenvalue weighted by molar-refractivity contribution is -0.149. The SMILES string of the molecule is CCCC(NC(=O)C1(C(=O)O)CC1)C(=O)c1ccccc1. The minimum atomic E-state index is -1.32. The van der Waals surface area contributed by atoms with Crippen LogP contribution in [0.25, 0.3) is 0 Å². The number of aliphatic carboxylic acids is 1. The summed E-state index contributed by atoms with van der Waals surface area (Å²) in [6, 6.07) is 8.06. The van der Waals surface area contributed by atoms with E-state index in [1.807, 2.05) is 13.0 Å². The first-order valence-electron chi connectivity index (χ1n) is 7.15. The number of carbonyl (C=O) groups excluding carboxylic acids is 2. The topological polar surface area (TPSA) is 83.5 Å². The van der Waals surface area contributed by atoms with E-state index in [1.54, 1.807) is 24.3 Å². The average molecular weight is 289 g/mol. The summed E-state index contributed by atoms with van der Waals surface area (Å²) >= 11 is 0. The van der Waals surface area contributed by atoms with Gasteiger partial charge in [-0.25, -0.2) is 0 Å². The van der Waals surface area contributed by atoms with Gasteiger partial charge in [-0.15, -0.1) is 0 Å². The molecule has 1 aromatic rings. The van der Waals surface area contributed by atoms with Gasteiger partial charge in [0, 0.05) is 5.56 Å². The normalized spacial score (nSPS) is 16.8. The Bertz CT molecular complexity index is 549. The van der Waals surface area contributed by atoms with Crippen molar-refractivity contribution in [3.05, 3.63) is 35.9 Å². The molecule has 112 valence electrons. The fourth-order valence-corrected chi connectivity index (χ4v) is 2.32. The number of amides is 1. The number of carboxylic acid groups (broad SMARTS) is 1. The second-order valence-electron chi connectivity index (χ2n) is 5.43. The van der Waals surface area contributed by atoms with Crippen LogP contribution >= 0.6 is 0 Å². The highest BCUT2D eigenvalue weighted by Crippen LogP contribution is 2.46. The molecule has 21 heavy (non-hydrogen) atoms. The Morgan fingerprint density at radius 1 is 1.24 bits per heavy atom. The number of nitrogens with one attached hydrogen (secondary N) is 1. The van der Waals surface area contributed by atoms with Crippen LogP contribution in [-0.2, 0) is 9.59 Å². The molecule has 0 saturated heterocycles. The minimum Gasteiger partial charge on any atom is -0.480 e. The third-order valence-corrected chi connectivity index (χ3v) is 3.85. The fraction of sp³-hybridized carbons (Fsp3) is 0.438. The number of carbonyl (C=O) groups is 3. The summed E-state index contributed by atoms with van der Waals surface area (Å²) in [6.07, 6.45) is 1.90. The van der Waals surface area contributed by atoms with Gasteiger partial charge in [-0.2, -0.15) is 0 Å². The van der Waals surface area contributed by atoms with E-state index >= 15 is 0 Å². The Balaban J connectivity index is 2.11. The number of hydrogen-bond acceptors (Lipinski definition) is 3. The van der Waals surface area contributed by atoms with Crippen molar-refractivity contribution in [1.82, 2.24) is 5.32 Å². The molecule has 1 amide bonds.